The van der Waals surface area contributed by atoms with Crippen molar-refractivity contribution >= 4 is 5.91 Å². The molecule has 7 heteroatoms. The van der Waals surface area contributed by atoms with E-state index in [1.54, 1.807) is 12.1 Å². The first kappa shape index (κ1) is 18.5. The predicted octanol–water partition coefficient (Wildman–Crippen LogP) is 2.78. The molecule has 2 aromatic rings. The monoisotopic (exact) mass is 359 g/mol. The molecule has 2 heterocycles. The summed E-state index contributed by atoms with van der Waals surface area (Å²) in [6, 6.07) is 7.15. The number of carbonyl (C=O) groups is 1. The molecular formula is C19H25N3O4. The number of hydrogen-bond donors (Lipinski definition) is 1. The van der Waals surface area contributed by atoms with Crippen LogP contribution in [0.5, 0.6) is 0 Å². The van der Waals surface area contributed by atoms with Gasteiger partial charge in [-0.3, -0.25) is 4.79 Å². The van der Waals surface area contributed by atoms with Gasteiger partial charge in [0, 0.05) is 30.3 Å². The van der Waals surface area contributed by atoms with Gasteiger partial charge in [0.15, 0.2) is 0 Å². The summed E-state index contributed by atoms with van der Waals surface area (Å²) in [5.41, 5.74) is 1.40. The van der Waals surface area contributed by atoms with Crippen LogP contribution in [-0.4, -0.2) is 48.0 Å². The SMILES string of the molecule is CCO[C@@H]1COCC[C@H]1NC(=O)c1ccc(-c2noc(C(C)C)n2)cc1. The Morgan fingerprint density at radius 3 is 2.77 bits per heavy atom. The first-order valence-corrected chi connectivity index (χ1v) is 9.02. The molecule has 1 aliphatic rings. The highest BCUT2D eigenvalue weighted by molar-refractivity contribution is 5.94. The highest BCUT2D eigenvalue weighted by atomic mass is 16.5. The molecule has 140 valence electrons. The van der Waals surface area contributed by atoms with Crippen LogP contribution in [-0.2, 0) is 9.47 Å². The summed E-state index contributed by atoms with van der Waals surface area (Å²) in [7, 11) is 0. The van der Waals surface area contributed by atoms with Crippen molar-refractivity contribution in [3.63, 3.8) is 0 Å². The summed E-state index contributed by atoms with van der Waals surface area (Å²) >= 11 is 0. The van der Waals surface area contributed by atoms with E-state index in [1.165, 1.54) is 0 Å². The van der Waals surface area contributed by atoms with Crippen LogP contribution in [0.3, 0.4) is 0 Å². The molecule has 0 bridgehead atoms. The summed E-state index contributed by atoms with van der Waals surface area (Å²) in [5, 5.41) is 7.04. The Bertz CT molecular complexity index is 725. The largest absolute Gasteiger partial charge is 0.379 e. The molecule has 0 aliphatic carbocycles. The second-order valence-corrected chi connectivity index (χ2v) is 6.63. The second kappa shape index (κ2) is 8.42. The van der Waals surface area contributed by atoms with Crippen molar-refractivity contribution in [3.8, 4) is 11.4 Å². The summed E-state index contributed by atoms with van der Waals surface area (Å²) in [4.78, 5) is 16.9. The number of amides is 1. The topological polar surface area (TPSA) is 86.5 Å². The molecule has 1 fully saturated rings. The third kappa shape index (κ3) is 4.28. The average Bonchev–Trinajstić information content (AvgIpc) is 3.14. The molecule has 1 saturated heterocycles. The third-order valence-corrected chi connectivity index (χ3v) is 4.34. The second-order valence-electron chi connectivity index (χ2n) is 6.63. The molecule has 0 saturated carbocycles. The fourth-order valence-corrected chi connectivity index (χ4v) is 2.86. The van der Waals surface area contributed by atoms with Gasteiger partial charge in [0.2, 0.25) is 11.7 Å². The van der Waals surface area contributed by atoms with Gasteiger partial charge in [0.05, 0.1) is 12.6 Å². The Morgan fingerprint density at radius 1 is 1.35 bits per heavy atom. The molecule has 2 atom stereocenters. The number of nitrogens with zero attached hydrogens (tertiary/aromatic N) is 2. The lowest BCUT2D eigenvalue weighted by Crippen LogP contribution is -2.50. The zero-order valence-electron chi connectivity index (χ0n) is 15.4. The molecule has 3 rings (SSSR count). The van der Waals surface area contributed by atoms with Crippen LogP contribution in [0.1, 0.15) is 49.4 Å². The molecule has 1 N–H and O–H groups in total. The fourth-order valence-electron chi connectivity index (χ4n) is 2.86. The van der Waals surface area contributed by atoms with Crippen LogP contribution in [0, 0.1) is 0 Å². The minimum atomic E-state index is -0.121. The highest BCUT2D eigenvalue weighted by Crippen LogP contribution is 2.20. The first-order chi connectivity index (χ1) is 12.6. The van der Waals surface area contributed by atoms with Crippen molar-refractivity contribution in [2.24, 2.45) is 0 Å². The molecule has 1 amide bonds. The van der Waals surface area contributed by atoms with Gasteiger partial charge in [-0.15, -0.1) is 0 Å². The molecule has 1 aliphatic heterocycles. The van der Waals surface area contributed by atoms with E-state index in [2.05, 4.69) is 15.5 Å². The lowest BCUT2D eigenvalue weighted by atomic mass is 10.0. The average molecular weight is 359 g/mol. The molecule has 26 heavy (non-hydrogen) atoms. The molecule has 0 unspecified atom stereocenters. The lowest BCUT2D eigenvalue weighted by Gasteiger charge is -2.31. The van der Waals surface area contributed by atoms with E-state index >= 15 is 0 Å². The van der Waals surface area contributed by atoms with Crippen molar-refractivity contribution in [3.05, 3.63) is 35.7 Å². The Balaban J connectivity index is 1.66. The van der Waals surface area contributed by atoms with Crippen LogP contribution in [0.4, 0.5) is 0 Å². The van der Waals surface area contributed by atoms with Gasteiger partial charge in [0.25, 0.3) is 5.91 Å². The minimum absolute atomic E-state index is 0.0401. The normalized spacial score (nSPS) is 20.3. The van der Waals surface area contributed by atoms with Crippen LogP contribution >= 0.6 is 0 Å². The maximum atomic E-state index is 12.5. The van der Waals surface area contributed by atoms with E-state index in [1.807, 2.05) is 32.9 Å². The van der Waals surface area contributed by atoms with Crippen molar-refractivity contribution in [2.45, 2.75) is 45.3 Å². The van der Waals surface area contributed by atoms with Crippen molar-refractivity contribution in [1.82, 2.24) is 15.5 Å². The van der Waals surface area contributed by atoms with E-state index < -0.39 is 0 Å². The first-order valence-electron chi connectivity index (χ1n) is 9.02. The van der Waals surface area contributed by atoms with Crippen LogP contribution in [0.15, 0.2) is 28.8 Å². The van der Waals surface area contributed by atoms with Gasteiger partial charge in [-0.1, -0.05) is 31.1 Å². The molecule has 0 spiro atoms. The molecule has 1 aromatic heterocycles. The van der Waals surface area contributed by atoms with E-state index in [-0.39, 0.29) is 24.0 Å². The molecule has 1 aromatic carbocycles. The summed E-state index contributed by atoms with van der Waals surface area (Å²) in [6.45, 7) is 7.66. The summed E-state index contributed by atoms with van der Waals surface area (Å²) in [6.07, 6.45) is 0.640. The lowest BCUT2D eigenvalue weighted by molar-refractivity contribution is -0.0632. The van der Waals surface area contributed by atoms with Gasteiger partial charge in [-0.05, 0) is 25.5 Å². The minimum Gasteiger partial charge on any atom is -0.379 e. The van der Waals surface area contributed by atoms with Crippen molar-refractivity contribution < 1.29 is 18.8 Å². The number of rotatable bonds is 6. The number of benzene rings is 1. The fraction of sp³-hybridized carbons (Fsp3) is 0.526. The van der Waals surface area contributed by atoms with Gasteiger partial charge < -0.3 is 19.3 Å². The Morgan fingerprint density at radius 2 is 2.12 bits per heavy atom. The number of hydrogen-bond acceptors (Lipinski definition) is 6. The van der Waals surface area contributed by atoms with Crippen molar-refractivity contribution in [1.29, 1.82) is 0 Å². The van der Waals surface area contributed by atoms with Gasteiger partial charge in [-0.25, -0.2) is 0 Å². The van der Waals surface area contributed by atoms with E-state index in [9.17, 15) is 4.79 Å². The number of nitrogens with one attached hydrogen (secondary N) is 1. The predicted molar refractivity (Wildman–Crippen MR) is 95.9 cm³/mol. The number of ether oxygens (including phenoxy) is 2. The van der Waals surface area contributed by atoms with Gasteiger partial charge in [0.1, 0.15) is 6.10 Å². The number of carbonyl (C=O) groups excluding carboxylic acids is 1. The molecular weight excluding hydrogens is 334 g/mol. The smallest absolute Gasteiger partial charge is 0.251 e. The van der Waals surface area contributed by atoms with E-state index in [4.69, 9.17) is 14.0 Å². The van der Waals surface area contributed by atoms with E-state index in [0.717, 1.165) is 12.0 Å². The van der Waals surface area contributed by atoms with Gasteiger partial charge in [-0.2, -0.15) is 4.98 Å². The maximum absolute atomic E-state index is 12.5. The Labute approximate surface area is 153 Å². The third-order valence-electron chi connectivity index (χ3n) is 4.34. The van der Waals surface area contributed by atoms with Crippen LogP contribution in [0.2, 0.25) is 0 Å². The molecule has 0 radical (unpaired) electrons. The summed E-state index contributed by atoms with van der Waals surface area (Å²) in [5.74, 6) is 1.19. The standard InChI is InChI=1S/C19H25N3O4/c1-4-25-16-11-24-10-9-15(16)20-18(23)14-7-5-13(6-8-14)17-21-19(12(2)3)26-22-17/h5-8,12,15-16H,4,9-11H2,1-3H3,(H,20,23)/t15-,16-/m1/s1. The van der Waals surface area contributed by atoms with Crippen molar-refractivity contribution in [2.75, 3.05) is 19.8 Å². The Kier molecular flexibility index (Phi) is 6.00. The molecule has 7 nitrogen and oxygen atoms in total. The zero-order valence-corrected chi connectivity index (χ0v) is 15.4. The van der Waals surface area contributed by atoms with Crippen LogP contribution < -0.4 is 5.32 Å². The quantitative estimate of drug-likeness (QED) is 0.853. The highest BCUT2D eigenvalue weighted by Gasteiger charge is 2.27. The summed E-state index contributed by atoms with van der Waals surface area (Å²) < 4.78 is 16.3. The maximum Gasteiger partial charge on any atom is 0.251 e. The Hall–Kier alpha value is -2.25. The van der Waals surface area contributed by atoms with E-state index in [0.29, 0.717) is 37.1 Å². The van der Waals surface area contributed by atoms with Crippen LogP contribution in [0.25, 0.3) is 11.4 Å². The van der Waals surface area contributed by atoms with Gasteiger partial charge >= 0.3 is 0 Å². The number of aromatic nitrogens is 2. The zero-order chi connectivity index (χ0) is 18.5.